The first-order valence-electron chi connectivity index (χ1n) is 6.10. The lowest BCUT2D eigenvalue weighted by atomic mass is 9.96. The van der Waals surface area contributed by atoms with Gasteiger partial charge in [0.15, 0.2) is 0 Å². The van der Waals surface area contributed by atoms with E-state index in [4.69, 9.17) is 5.11 Å². The molecule has 0 saturated heterocycles. The maximum atomic E-state index is 11.0. The summed E-state index contributed by atoms with van der Waals surface area (Å²) < 4.78 is 0. The van der Waals surface area contributed by atoms with E-state index in [-0.39, 0.29) is 0 Å². The molecule has 1 atom stereocenters. The Morgan fingerprint density at radius 3 is 2.61 bits per heavy atom. The standard InChI is InChI=1S/C16H14O2/c1-10(16(17)18)11-6-7-15-13(8-11)9-12-4-2-3-5-14(12)15/h2-8,10H,9H2,1H3,(H,17,18)/t10-/m0/s1. The van der Waals surface area contributed by atoms with Gasteiger partial charge in [0.1, 0.15) is 0 Å². The monoisotopic (exact) mass is 238 g/mol. The minimum Gasteiger partial charge on any atom is -0.481 e. The molecule has 18 heavy (non-hydrogen) atoms. The van der Waals surface area contributed by atoms with Gasteiger partial charge in [-0.3, -0.25) is 4.79 Å². The van der Waals surface area contributed by atoms with Crippen molar-refractivity contribution in [3.63, 3.8) is 0 Å². The normalized spacial score (nSPS) is 13.8. The van der Waals surface area contributed by atoms with Crippen LogP contribution in [0.25, 0.3) is 11.1 Å². The number of fused-ring (bicyclic) bond motifs is 3. The third-order valence-corrected chi connectivity index (χ3v) is 3.69. The highest BCUT2D eigenvalue weighted by molar-refractivity contribution is 5.79. The topological polar surface area (TPSA) is 37.3 Å². The predicted octanol–water partition coefficient (Wildman–Crippen LogP) is 3.45. The summed E-state index contributed by atoms with van der Waals surface area (Å²) in [6, 6.07) is 14.4. The summed E-state index contributed by atoms with van der Waals surface area (Å²) in [5.41, 5.74) is 5.97. The Morgan fingerprint density at radius 1 is 1.11 bits per heavy atom. The second-order valence-corrected chi connectivity index (χ2v) is 4.81. The fraction of sp³-hybridized carbons (Fsp3) is 0.188. The number of benzene rings is 2. The number of rotatable bonds is 2. The summed E-state index contributed by atoms with van der Waals surface area (Å²) >= 11 is 0. The lowest BCUT2D eigenvalue weighted by Gasteiger charge is -2.09. The molecule has 2 nitrogen and oxygen atoms in total. The molecule has 1 aliphatic carbocycles. The fourth-order valence-corrected chi connectivity index (χ4v) is 2.58. The summed E-state index contributed by atoms with van der Waals surface area (Å²) in [5.74, 6) is -1.22. The van der Waals surface area contributed by atoms with Gasteiger partial charge in [-0.1, -0.05) is 42.5 Å². The molecule has 2 heteroatoms. The minimum absolute atomic E-state index is 0.445. The molecule has 0 aliphatic heterocycles. The Labute approximate surface area is 106 Å². The lowest BCUT2D eigenvalue weighted by Crippen LogP contribution is -2.07. The quantitative estimate of drug-likeness (QED) is 0.742. The van der Waals surface area contributed by atoms with Crippen LogP contribution < -0.4 is 0 Å². The molecule has 0 fully saturated rings. The van der Waals surface area contributed by atoms with Gasteiger partial charge in [0.25, 0.3) is 0 Å². The highest BCUT2D eigenvalue weighted by Crippen LogP contribution is 2.37. The minimum atomic E-state index is -0.773. The number of hydrogen-bond acceptors (Lipinski definition) is 1. The molecule has 0 heterocycles. The molecule has 0 saturated carbocycles. The first-order valence-corrected chi connectivity index (χ1v) is 6.10. The van der Waals surface area contributed by atoms with E-state index in [1.54, 1.807) is 6.92 Å². The molecule has 1 N–H and O–H groups in total. The molecule has 0 amide bonds. The van der Waals surface area contributed by atoms with Crippen LogP contribution in [0, 0.1) is 0 Å². The molecule has 0 aromatic heterocycles. The van der Waals surface area contributed by atoms with E-state index in [9.17, 15) is 4.79 Å². The highest BCUT2D eigenvalue weighted by atomic mass is 16.4. The van der Waals surface area contributed by atoms with Gasteiger partial charge in [-0.05, 0) is 41.2 Å². The molecule has 0 unspecified atom stereocenters. The second kappa shape index (κ2) is 3.98. The Balaban J connectivity index is 2.06. The van der Waals surface area contributed by atoms with Crippen LogP contribution in [0.5, 0.6) is 0 Å². The SMILES string of the molecule is C[C@H](C(=O)O)c1ccc2c(c1)Cc1ccccc1-2. The van der Waals surface area contributed by atoms with Crippen molar-refractivity contribution in [1.82, 2.24) is 0 Å². The summed E-state index contributed by atoms with van der Waals surface area (Å²) in [7, 11) is 0. The number of hydrogen-bond donors (Lipinski definition) is 1. The lowest BCUT2D eigenvalue weighted by molar-refractivity contribution is -0.138. The van der Waals surface area contributed by atoms with Crippen molar-refractivity contribution in [2.75, 3.05) is 0 Å². The second-order valence-electron chi connectivity index (χ2n) is 4.81. The Hall–Kier alpha value is -2.09. The van der Waals surface area contributed by atoms with Crippen molar-refractivity contribution < 1.29 is 9.90 Å². The van der Waals surface area contributed by atoms with Gasteiger partial charge in [-0.15, -0.1) is 0 Å². The van der Waals surface area contributed by atoms with Gasteiger partial charge in [-0.2, -0.15) is 0 Å². The van der Waals surface area contributed by atoms with Crippen LogP contribution >= 0.6 is 0 Å². The summed E-state index contributed by atoms with van der Waals surface area (Å²) in [4.78, 5) is 11.0. The van der Waals surface area contributed by atoms with Crippen molar-refractivity contribution in [3.8, 4) is 11.1 Å². The summed E-state index contributed by atoms with van der Waals surface area (Å²) in [5, 5.41) is 9.06. The van der Waals surface area contributed by atoms with Crippen molar-refractivity contribution >= 4 is 5.97 Å². The first kappa shape index (κ1) is 11.0. The number of aliphatic carboxylic acids is 1. The third kappa shape index (κ3) is 1.61. The number of carboxylic acids is 1. The molecule has 2 aromatic carbocycles. The Morgan fingerprint density at radius 2 is 1.83 bits per heavy atom. The maximum Gasteiger partial charge on any atom is 0.310 e. The maximum absolute atomic E-state index is 11.0. The van der Waals surface area contributed by atoms with Crippen LogP contribution in [0.4, 0.5) is 0 Å². The van der Waals surface area contributed by atoms with E-state index in [2.05, 4.69) is 18.2 Å². The van der Waals surface area contributed by atoms with Crippen LogP contribution in [-0.4, -0.2) is 11.1 Å². The van der Waals surface area contributed by atoms with E-state index in [0.717, 1.165) is 12.0 Å². The van der Waals surface area contributed by atoms with E-state index < -0.39 is 11.9 Å². The van der Waals surface area contributed by atoms with Gasteiger partial charge < -0.3 is 5.11 Å². The smallest absolute Gasteiger partial charge is 0.310 e. The van der Waals surface area contributed by atoms with Crippen LogP contribution in [0.2, 0.25) is 0 Å². The van der Waals surface area contributed by atoms with Gasteiger partial charge in [-0.25, -0.2) is 0 Å². The van der Waals surface area contributed by atoms with Gasteiger partial charge >= 0.3 is 5.97 Å². The molecule has 2 aromatic rings. The van der Waals surface area contributed by atoms with Crippen molar-refractivity contribution in [2.24, 2.45) is 0 Å². The average molecular weight is 238 g/mol. The Kier molecular flexibility index (Phi) is 2.44. The fourth-order valence-electron chi connectivity index (χ4n) is 2.58. The largest absolute Gasteiger partial charge is 0.481 e. The van der Waals surface area contributed by atoms with Crippen LogP contribution in [-0.2, 0) is 11.2 Å². The number of carbonyl (C=O) groups is 1. The highest BCUT2D eigenvalue weighted by Gasteiger charge is 2.20. The molecule has 1 aliphatic rings. The molecular formula is C16H14O2. The number of carboxylic acid groups (broad SMARTS) is 1. The molecule has 90 valence electrons. The van der Waals surface area contributed by atoms with Crippen molar-refractivity contribution in [1.29, 1.82) is 0 Å². The van der Waals surface area contributed by atoms with Crippen LogP contribution in [0.3, 0.4) is 0 Å². The van der Waals surface area contributed by atoms with Crippen LogP contribution in [0.15, 0.2) is 42.5 Å². The van der Waals surface area contributed by atoms with Gasteiger partial charge in [0, 0.05) is 0 Å². The molecule has 0 radical (unpaired) electrons. The average Bonchev–Trinajstić information content (AvgIpc) is 2.75. The van der Waals surface area contributed by atoms with E-state index >= 15 is 0 Å². The molecule has 0 bridgehead atoms. The third-order valence-electron chi connectivity index (χ3n) is 3.69. The van der Waals surface area contributed by atoms with E-state index in [1.807, 2.05) is 24.3 Å². The van der Waals surface area contributed by atoms with E-state index in [1.165, 1.54) is 22.3 Å². The summed E-state index contributed by atoms with van der Waals surface area (Å²) in [6.07, 6.45) is 0.908. The molecular weight excluding hydrogens is 224 g/mol. The zero-order chi connectivity index (χ0) is 12.7. The van der Waals surface area contributed by atoms with Gasteiger partial charge in [0.05, 0.1) is 5.92 Å². The predicted molar refractivity (Wildman–Crippen MR) is 70.7 cm³/mol. The van der Waals surface area contributed by atoms with Crippen molar-refractivity contribution in [3.05, 3.63) is 59.2 Å². The van der Waals surface area contributed by atoms with Gasteiger partial charge in [0.2, 0.25) is 0 Å². The Bertz CT molecular complexity index is 629. The van der Waals surface area contributed by atoms with Crippen LogP contribution in [0.1, 0.15) is 29.5 Å². The first-order chi connectivity index (χ1) is 8.66. The molecule has 0 spiro atoms. The molecule has 3 rings (SSSR count). The zero-order valence-corrected chi connectivity index (χ0v) is 10.2. The summed E-state index contributed by atoms with van der Waals surface area (Å²) in [6.45, 7) is 1.73. The zero-order valence-electron chi connectivity index (χ0n) is 10.2. The van der Waals surface area contributed by atoms with E-state index in [0.29, 0.717) is 0 Å². The van der Waals surface area contributed by atoms with Crippen molar-refractivity contribution in [2.45, 2.75) is 19.3 Å².